The van der Waals surface area contributed by atoms with Gasteiger partial charge in [0, 0.05) is 43.9 Å². The molecule has 1 saturated heterocycles. The second-order valence-electron chi connectivity index (χ2n) is 7.06. The molecule has 2 atom stereocenters. The van der Waals surface area contributed by atoms with Gasteiger partial charge in [-0.05, 0) is 36.5 Å². The largest absolute Gasteiger partial charge is 0.377 e. The number of nitrogens with one attached hydrogen (secondary N) is 1. The maximum Gasteiger partial charge on any atom is 0.223 e. The number of hydrogen-bond acceptors (Lipinski definition) is 4. The highest BCUT2D eigenvalue weighted by Crippen LogP contribution is 2.44. The lowest BCUT2D eigenvalue weighted by Crippen LogP contribution is -2.34. The Morgan fingerprint density at radius 2 is 2.29 bits per heavy atom. The molecular weight excluding hydrogens is 302 g/mol. The van der Waals surface area contributed by atoms with Gasteiger partial charge in [0.2, 0.25) is 5.91 Å². The molecule has 0 spiro atoms. The summed E-state index contributed by atoms with van der Waals surface area (Å²) < 4.78 is 5.49. The van der Waals surface area contributed by atoms with Crippen LogP contribution in [0.15, 0.2) is 36.2 Å². The fourth-order valence-electron chi connectivity index (χ4n) is 3.92. The molecule has 0 unspecified atom stereocenters. The highest BCUT2D eigenvalue weighted by Gasteiger charge is 2.46. The highest BCUT2D eigenvalue weighted by molar-refractivity contribution is 5.80. The molecule has 1 aliphatic carbocycles. The Morgan fingerprint density at radius 3 is 3.00 bits per heavy atom. The van der Waals surface area contributed by atoms with E-state index in [0.717, 1.165) is 45.6 Å². The molecule has 1 aromatic rings. The molecular formula is C19H25N3O2. The molecule has 0 radical (unpaired) electrons. The quantitative estimate of drug-likeness (QED) is 0.813. The van der Waals surface area contributed by atoms with Crippen molar-refractivity contribution in [3.05, 3.63) is 41.7 Å². The van der Waals surface area contributed by atoms with Crippen molar-refractivity contribution in [3.63, 3.8) is 0 Å². The predicted molar refractivity (Wildman–Crippen MR) is 91.3 cm³/mol. The number of carbonyl (C=O) groups is 1. The lowest BCUT2D eigenvalue weighted by molar-refractivity contribution is -0.129. The van der Waals surface area contributed by atoms with Gasteiger partial charge in [0.15, 0.2) is 0 Å². The van der Waals surface area contributed by atoms with Crippen LogP contribution >= 0.6 is 0 Å². The lowest BCUT2D eigenvalue weighted by Gasteiger charge is -2.29. The SMILES string of the molecule is O=C1C[C@@H](CNCC2=CCCOC2)[C@H](c2cccnc2)N1C1CC1. The lowest BCUT2D eigenvalue weighted by atomic mass is 9.94. The van der Waals surface area contributed by atoms with Crippen LogP contribution in [-0.4, -0.2) is 48.1 Å². The third-order valence-corrected chi connectivity index (χ3v) is 5.18. The van der Waals surface area contributed by atoms with Gasteiger partial charge in [0.05, 0.1) is 19.3 Å². The van der Waals surface area contributed by atoms with E-state index in [9.17, 15) is 4.79 Å². The molecule has 5 heteroatoms. The minimum atomic E-state index is 0.169. The zero-order valence-electron chi connectivity index (χ0n) is 14.0. The van der Waals surface area contributed by atoms with Crippen LogP contribution in [0.2, 0.25) is 0 Å². The number of amides is 1. The summed E-state index contributed by atoms with van der Waals surface area (Å²) >= 11 is 0. The summed E-state index contributed by atoms with van der Waals surface area (Å²) in [5.41, 5.74) is 2.49. The maximum atomic E-state index is 12.6. The number of hydrogen-bond donors (Lipinski definition) is 1. The van der Waals surface area contributed by atoms with E-state index in [1.54, 1.807) is 6.20 Å². The van der Waals surface area contributed by atoms with Crippen LogP contribution in [0.25, 0.3) is 0 Å². The van der Waals surface area contributed by atoms with Crippen molar-refractivity contribution in [2.75, 3.05) is 26.3 Å². The number of ether oxygens (including phenoxy) is 1. The van der Waals surface area contributed by atoms with E-state index in [0.29, 0.717) is 24.3 Å². The van der Waals surface area contributed by atoms with Gasteiger partial charge >= 0.3 is 0 Å². The Kier molecular flexibility index (Phi) is 4.63. The Labute approximate surface area is 143 Å². The summed E-state index contributed by atoms with van der Waals surface area (Å²) in [6.07, 6.45) is 9.92. The van der Waals surface area contributed by atoms with Gasteiger partial charge in [-0.15, -0.1) is 0 Å². The molecule has 0 aromatic carbocycles. The van der Waals surface area contributed by atoms with Gasteiger partial charge in [0.25, 0.3) is 0 Å². The van der Waals surface area contributed by atoms with Crippen molar-refractivity contribution in [1.82, 2.24) is 15.2 Å². The fraction of sp³-hybridized carbons (Fsp3) is 0.579. The molecule has 1 amide bonds. The Balaban J connectivity index is 1.44. The van der Waals surface area contributed by atoms with Crippen LogP contribution in [0, 0.1) is 5.92 Å². The summed E-state index contributed by atoms with van der Waals surface area (Å²) in [5.74, 6) is 0.616. The van der Waals surface area contributed by atoms with Crippen LogP contribution in [-0.2, 0) is 9.53 Å². The predicted octanol–water partition coefficient (Wildman–Crippen LogP) is 2.07. The highest BCUT2D eigenvalue weighted by atomic mass is 16.5. The van der Waals surface area contributed by atoms with Crippen molar-refractivity contribution in [2.45, 2.75) is 37.8 Å². The van der Waals surface area contributed by atoms with Crippen LogP contribution < -0.4 is 5.32 Å². The molecule has 24 heavy (non-hydrogen) atoms. The standard InChI is InChI=1S/C19H25N3O2/c23-18-9-16(12-21-10-14-3-2-8-24-13-14)19(22(18)17-5-6-17)15-4-1-7-20-11-15/h1,3-4,7,11,16-17,19,21H,2,5-6,8-10,12-13H2/t16-,19-/m0/s1. The first-order valence-corrected chi connectivity index (χ1v) is 9.00. The van der Waals surface area contributed by atoms with E-state index < -0.39 is 0 Å². The number of nitrogens with zero attached hydrogens (tertiary/aromatic N) is 2. The molecule has 1 aromatic heterocycles. The number of rotatable bonds is 6. The zero-order valence-corrected chi connectivity index (χ0v) is 14.0. The average molecular weight is 327 g/mol. The average Bonchev–Trinajstić information content (AvgIpc) is 3.40. The third kappa shape index (κ3) is 3.37. The molecule has 3 aliphatic rings. The van der Waals surface area contributed by atoms with Gasteiger partial charge in [0.1, 0.15) is 0 Å². The van der Waals surface area contributed by atoms with Crippen LogP contribution in [0.4, 0.5) is 0 Å². The molecule has 5 nitrogen and oxygen atoms in total. The second kappa shape index (κ2) is 7.03. The first kappa shape index (κ1) is 15.8. The molecule has 128 valence electrons. The molecule has 1 saturated carbocycles. The van der Waals surface area contributed by atoms with Crippen molar-refractivity contribution in [2.24, 2.45) is 5.92 Å². The van der Waals surface area contributed by atoms with Gasteiger partial charge in [-0.2, -0.15) is 0 Å². The summed E-state index contributed by atoms with van der Waals surface area (Å²) in [5, 5.41) is 3.55. The van der Waals surface area contributed by atoms with E-state index in [1.807, 2.05) is 12.3 Å². The van der Waals surface area contributed by atoms with Crippen molar-refractivity contribution in [3.8, 4) is 0 Å². The number of carbonyl (C=O) groups excluding carboxylic acids is 1. The fourth-order valence-corrected chi connectivity index (χ4v) is 3.92. The van der Waals surface area contributed by atoms with Crippen molar-refractivity contribution in [1.29, 1.82) is 0 Å². The maximum absolute atomic E-state index is 12.6. The van der Waals surface area contributed by atoms with Gasteiger partial charge in [-0.25, -0.2) is 0 Å². The van der Waals surface area contributed by atoms with Gasteiger partial charge in [-0.3, -0.25) is 9.78 Å². The van der Waals surface area contributed by atoms with Crippen LogP contribution in [0.1, 0.15) is 37.3 Å². The van der Waals surface area contributed by atoms with E-state index in [-0.39, 0.29) is 6.04 Å². The molecule has 3 heterocycles. The van der Waals surface area contributed by atoms with Crippen molar-refractivity contribution < 1.29 is 9.53 Å². The molecule has 4 rings (SSSR count). The molecule has 1 N–H and O–H groups in total. The third-order valence-electron chi connectivity index (χ3n) is 5.18. The van der Waals surface area contributed by atoms with Crippen LogP contribution in [0.5, 0.6) is 0 Å². The first-order valence-electron chi connectivity index (χ1n) is 9.00. The number of aromatic nitrogens is 1. The minimum Gasteiger partial charge on any atom is -0.377 e. The van der Waals surface area contributed by atoms with Gasteiger partial charge in [-0.1, -0.05) is 12.1 Å². The topological polar surface area (TPSA) is 54.5 Å². The summed E-state index contributed by atoms with van der Waals surface area (Å²) in [6.45, 7) is 3.27. The Morgan fingerprint density at radius 1 is 1.38 bits per heavy atom. The monoisotopic (exact) mass is 327 g/mol. The summed E-state index contributed by atoms with van der Waals surface area (Å²) in [4.78, 5) is 19.0. The van der Waals surface area contributed by atoms with E-state index in [4.69, 9.17) is 4.74 Å². The van der Waals surface area contributed by atoms with E-state index in [2.05, 4.69) is 27.3 Å². The minimum absolute atomic E-state index is 0.169. The van der Waals surface area contributed by atoms with Crippen LogP contribution in [0.3, 0.4) is 0 Å². The second-order valence-corrected chi connectivity index (χ2v) is 7.06. The normalized spacial score (nSPS) is 27.4. The molecule has 2 aliphatic heterocycles. The Hall–Kier alpha value is -1.72. The zero-order chi connectivity index (χ0) is 16.4. The van der Waals surface area contributed by atoms with Crippen molar-refractivity contribution >= 4 is 5.91 Å². The number of pyridine rings is 1. The van der Waals surface area contributed by atoms with E-state index in [1.165, 1.54) is 11.1 Å². The summed E-state index contributed by atoms with van der Waals surface area (Å²) in [7, 11) is 0. The summed E-state index contributed by atoms with van der Waals surface area (Å²) in [6, 6.07) is 4.69. The van der Waals surface area contributed by atoms with E-state index >= 15 is 0 Å². The van der Waals surface area contributed by atoms with Gasteiger partial charge < -0.3 is 15.0 Å². The molecule has 0 bridgehead atoms. The smallest absolute Gasteiger partial charge is 0.223 e. The number of likely N-dealkylation sites (tertiary alicyclic amines) is 1. The molecule has 2 fully saturated rings. The Bertz CT molecular complexity index is 612. The first-order chi connectivity index (χ1) is 11.8.